The third-order valence-corrected chi connectivity index (χ3v) is 7.59. The average Bonchev–Trinajstić information content (AvgIpc) is 3.07. The molecule has 0 spiro atoms. The summed E-state index contributed by atoms with van der Waals surface area (Å²) in [6, 6.07) is 4.15. The lowest BCUT2D eigenvalue weighted by Gasteiger charge is -2.28. The third kappa shape index (κ3) is 5.79. The minimum Gasteiger partial charge on any atom is -0.353 e. The lowest BCUT2D eigenvalue weighted by molar-refractivity contribution is -0.121. The molecule has 5 nitrogen and oxygen atoms in total. The molecule has 1 saturated carbocycles. The molecule has 1 aromatic rings. The highest BCUT2D eigenvalue weighted by Gasteiger charge is 2.29. The topological polar surface area (TPSA) is 66.5 Å². The van der Waals surface area contributed by atoms with E-state index in [0.717, 1.165) is 21.9 Å². The van der Waals surface area contributed by atoms with Gasteiger partial charge in [-0.15, -0.1) is 0 Å². The van der Waals surface area contributed by atoms with Crippen molar-refractivity contribution in [1.29, 1.82) is 0 Å². The number of halogens is 1. The Hall–Kier alpha value is -0.920. The number of benzene rings is 1. The first-order valence-electron chi connectivity index (χ1n) is 8.85. The van der Waals surface area contributed by atoms with Crippen LogP contribution in [0.15, 0.2) is 18.2 Å². The van der Waals surface area contributed by atoms with E-state index < -0.39 is 16.1 Å². The van der Waals surface area contributed by atoms with E-state index in [1.807, 2.05) is 18.7 Å². The van der Waals surface area contributed by atoms with Crippen molar-refractivity contribution in [3.63, 3.8) is 0 Å². The first-order chi connectivity index (χ1) is 12.2. The van der Waals surface area contributed by atoms with Crippen LogP contribution < -0.4 is 9.62 Å². The number of hydrogen-bond acceptors (Lipinski definition) is 4. The Morgan fingerprint density at radius 1 is 1.38 bits per heavy atom. The van der Waals surface area contributed by atoms with Gasteiger partial charge in [-0.3, -0.25) is 9.10 Å². The Balaban J connectivity index is 2.00. The van der Waals surface area contributed by atoms with Crippen molar-refractivity contribution >= 4 is 45.0 Å². The summed E-state index contributed by atoms with van der Waals surface area (Å²) in [7, 11) is -3.63. The number of rotatable bonds is 8. The molecule has 0 heterocycles. The Morgan fingerprint density at radius 2 is 2.04 bits per heavy atom. The van der Waals surface area contributed by atoms with Crippen LogP contribution >= 0.6 is 23.4 Å². The van der Waals surface area contributed by atoms with Gasteiger partial charge in [0.1, 0.15) is 6.04 Å². The monoisotopic (exact) mass is 418 g/mol. The zero-order chi connectivity index (χ0) is 19.3. The number of amides is 1. The molecule has 0 radical (unpaired) electrons. The molecule has 26 heavy (non-hydrogen) atoms. The Labute approximate surface area is 165 Å². The number of aryl methyl sites for hydroxylation is 1. The lowest BCUT2D eigenvalue weighted by atomic mass is 10.2. The van der Waals surface area contributed by atoms with Crippen molar-refractivity contribution in [3.8, 4) is 0 Å². The summed E-state index contributed by atoms with van der Waals surface area (Å²) in [5.41, 5.74) is 1.25. The van der Waals surface area contributed by atoms with Crippen molar-refractivity contribution in [1.82, 2.24) is 5.32 Å². The fourth-order valence-electron chi connectivity index (χ4n) is 3.13. The quantitative estimate of drug-likeness (QED) is 0.655. The summed E-state index contributed by atoms with van der Waals surface area (Å²) < 4.78 is 25.7. The zero-order valence-electron chi connectivity index (χ0n) is 15.5. The maximum Gasteiger partial charge on any atom is 0.243 e. The van der Waals surface area contributed by atoms with Gasteiger partial charge in [0.05, 0.1) is 11.9 Å². The van der Waals surface area contributed by atoms with Gasteiger partial charge in [-0.1, -0.05) is 30.5 Å². The summed E-state index contributed by atoms with van der Waals surface area (Å²) in [5.74, 6) is 0.539. The summed E-state index contributed by atoms with van der Waals surface area (Å²) in [6.07, 6.45) is 6.20. The smallest absolute Gasteiger partial charge is 0.243 e. The number of anilines is 1. The summed E-state index contributed by atoms with van der Waals surface area (Å²) >= 11 is 8.02. The van der Waals surface area contributed by atoms with E-state index in [1.165, 1.54) is 25.7 Å². The average molecular weight is 419 g/mol. The fourth-order valence-corrected chi connectivity index (χ4v) is 5.69. The van der Waals surface area contributed by atoms with Gasteiger partial charge in [0.15, 0.2) is 0 Å². The molecule has 1 fully saturated rings. The second-order valence-electron chi connectivity index (χ2n) is 6.74. The maximum absolute atomic E-state index is 12.5. The predicted octanol–water partition coefficient (Wildman–Crippen LogP) is 3.59. The fraction of sp³-hybridized carbons (Fsp3) is 0.611. The van der Waals surface area contributed by atoms with Gasteiger partial charge in [0.2, 0.25) is 15.9 Å². The number of nitrogens with zero attached hydrogens (tertiary/aromatic N) is 1. The second kappa shape index (κ2) is 9.33. The minimum absolute atomic E-state index is 0.306. The number of nitrogens with one attached hydrogen (secondary N) is 1. The maximum atomic E-state index is 12.5. The summed E-state index contributed by atoms with van der Waals surface area (Å²) in [5, 5.41) is 4.03. The van der Waals surface area contributed by atoms with E-state index in [0.29, 0.717) is 22.5 Å². The van der Waals surface area contributed by atoms with E-state index >= 15 is 0 Å². The molecule has 0 unspecified atom stereocenters. The molecule has 1 aliphatic carbocycles. The van der Waals surface area contributed by atoms with Gasteiger partial charge >= 0.3 is 0 Å². The molecule has 0 bridgehead atoms. The van der Waals surface area contributed by atoms with Crippen LogP contribution in [0.25, 0.3) is 0 Å². The van der Waals surface area contributed by atoms with Crippen molar-refractivity contribution in [2.24, 2.45) is 0 Å². The second-order valence-corrected chi connectivity index (χ2v) is 10.4. The van der Waals surface area contributed by atoms with Gasteiger partial charge in [-0.05, 0) is 44.4 Å². The van der Waals surface area contributed by atoms with Crippen LogP contribution in [0.2, 0.25) is 5.02 Å². The van der Waals surface area contributed by atoms with Crippen molar-refractivity contribution in [3.05, 3.63) is 28.8 Å². The number of sulfonamides is 1. The Morgan fingerprint density at radius 3 is 2.62 bits per heavy atom. The molecule has 0 saturated heterocycles. The van der Waals surface area contributed by atoms with Gasteiger partial charge in [-0.25, -0.2) is 8.42 Å². The van der Waals surface area contributed by atoms with Crippen LogP contribution in [0.3, 0.4) is 0 Å². The lowest BCUT2D eigenvalue weighted by Crippen LogP contribution is -2.48. The van der Waals surface area contributed by atoms with E-state index in [4.69, 9.17) is 11.6 Å². The first-order valence-corrected chi connectivity index (χ1v) is 12.1. The highest BCUT2D eigenvalue weighted by Crippen LogP contribution is 2.29. The van der Waals surface area contributed by atoms with E-state index in [9.17, 15) is 13.2 Å². The van der Waals surface area contributed by atoms with Crippen LogP contribution in [-0.4, -0.2) is 44.2 Å². The van der Waals surface area contributed by atoms with Gasteiger partial charge in [0.25, 0.3) is 0 Å². The van der Waals surface area contributed by atoms with Crippen LogP contribution in [0.1, 0.15) is 38.2 Å². The summed E-state index contributed by atoms with van der Waals surface area (Å²) in [6.45, 7) is 3.97. The zero-order valence-corrected chi connectivity index (χ0v) is 17.9. The number of thioether (sulfide) groups is 1. The molecule has 0 aliphatic heterocycles. The van der Waals surface area contributed by atoms with Crippen LogP contribution in [0.5, 0.6) is 0 Å². The van der Waals surface area contributed by atoms with Gasteiger partial charge in [-0.2, -0.15) is 11.8 Å². The Bertz CT molecular complexity index is 734. The highest BCUT2D eigenvalue weighted by molar-refractivity contribution is 7.99. The molecule has 146 valence electrons. The molecule has 1 atom stereocenters. The Kier molecular flexibility index (Phi) is 7.67. The molecule has 1 amide bonds. The van der Waals surface area contributed by atoms with Crippen LogP contribution in [-0.2, 0) is 14.8 Å². The number of carbonyl (C=O) groups excluding carboxylic acids is 1. The molecule has 1 aromatic carbocycles. The van der Waals surface area contributed by atoms with Crippen LogP contribution in [0.4, 0.5) is 5.69 Å². The first kappa shape index (κ1) is 21.4. The normalized spacial score (nSPS) is 16.5. The highest BCUT2D eigenvalue weighted by atomic mass is 35.5. The largest absolute Gasteiger partial charge is 0.353 e. The van der Waals surface area contributed by atoms with E-state index in [1.54, 1.807) is 25.1 Å². The van der Waals surface area contributed by atoms with E-state index in [-0.39, 0.29) is 5.91 Å². The van der Waals surface area contributed by atoms with Crippen LogP contribution in [0, 0.1) is 6.92 Å². The number of carbonyl (C=O) groups is 1. The molecule has 2 rings (SSSR count). The van der Waals surface area contributed by atoms with Gasteiger partial charge in [0, 0.05) is 22.6 Å². The van der Waals surface area contributed by atoms with E-state index in [2.05, 4.69) is 5.32 Å². The predicted molar refractivity (Wildman–Crippen MR) is 111 cm³/mol. The summed E-state index contributed by atoms with van der Waals surface area (Å²) in [4.78, 5) is 12.5. The SMILES string of the molecule is Cc1ccc(N([C@@H](C)C(=O)NCCSC2CCCC2)S(C)(=O)=O)cc1Cl. The molecule has 1 aliphatic rings. The van der Waals surface area contributed by atoms with Gasteiger partial charge < -0.3 is 5.32 Å². The molecular weight excluding hydrogens is 392 g/mol. The molecule has 8 heteroatoms. The molecular formula is C18H27ClN2O3S2. The third-order valence-electron chi connectivity index (χ3n) is 4.56. The van der Waals surface area contributed by atoms with Crippen molar-refractivity contribution < 1.29 is 13.2 Å². The van der Waals surface area contributed by atoms with Crippen molar-refractivity contribution in [2.45, 2.75) is 50.8 Å². The molecule has 0 aromatic heterocycles. The number of hydrogen-bond donors (Lipinski definition) is 1. The minimum atomic E-state index is -3.63. The molecule has 1 N–H and O–H groups in total. The van der Waals surface area contributed by atoms with Crippen molar-refractivity contribution in [2.75, 3.05) is 22.9 Å². The standard InChI is InChI=1S/C18H27ClN2O3S2/c1-13-8-9-15(12-17(13)19)21(26(3,23)24)14(2)18(22)20-10-11-25-16-6-4-5-7-16/h8-9,12,14,16H,4-7,10-11H2,1-3H3,(H,20,22)/t14-/m0/s1.